The van der Waals surface area contributed by atoms with E-state index in [9.17, 15) is 4.79 Å². The second kappa shape index (κ2) is 9.03. The topological polar surface area (TPSA) is 45.2 Å². The molecule has 0 bridgehead atoms. The summed E-state index contributed by atoms with van der Waals surface area (Å²) in [6.45, 7) is 2.97. The lowest BCUT2D eigenvalue weighted by molar-refractivity contribution is -0.122. The molecule has 1 aliphatic rings. The minimum atomic E-state index is 0.0898. The lowest BCUT2D eigenvalue weighted by Gasteiger charge is -2.31. The summed E-state index contributed by atoms with van der Waals surface area (Å²) in [6, 6.07) is 16.1. The molecule has 2 heterocycles. The lowest BCUT2D eigenvalue weighted by Crippen LogP contribution is -2.42. The number of fused-ring (bicyclic) bond motifs is 1. The molecule has 0 spiro atoms. The fourth-order valence-electron chi connectivity index (χ4n) is 3.76. The van der Waals surface area contributed by atoms with Gasteiger partial charge in [-0.15, -0.1) is 11.3 Å². The van der Waals surface area contributed by atoms with Gasteiger partial charge in [-0.1, -0.05) is 35.9 Å². The molecule has 4 rings (SSSR count). The number of rotatable bonds is 6. The molecule has 0 radical (unpaired) electrons. The zero-order chi connectivity index (χ0) is 19.3. The van der Waals surface area contributed by atoms with Crippen molar-refractivity contribution in [2.45, 2.75) is 25.2 Å². The molecule has 0 saturated carbocycles. The van der Waals surface area contributed by atoms with Crippen LogP contribution < -0.4 is 5.32 Å². The minimum absolute atomic E-state index is 0.0898. The molecule has 3 aromatic rings. The fourth-order valence-corrected chi connectivity index (χ4v) is 5.07. The predicted octanol–water partition coefficient (Wildman–Crippen LogP) is 4.49. The SMILES string of the molecule is O=C(CN1CCC[C@@H](c2nc3ccccc3s2)C1)NCCc1cccc(Cl)c1. The van der Waals surface area contributed by atoms with Crippen LogP contribution in [0.4, 0.5) is 0 Å². The number of para-hydroxylation sites is 1. The maximum atomic E-state index is 12.4. The van der Waals surface area contributed by atoms with E-state index in [1.54, 1.807) is 11.3 Å². The number of aromatic nitrogens is 1. The monoisotopic (exact) mass is 413 g/mol. The van der Waals surface area contributed by atoms with Gasteiger partial charge in [-0.25, -0.2) is 4.98 Å². The van der Waals surface area contributed by atoms with Crippen LogP contribution in [0.5, 0.6) is 0 Å². The third-order valence-electron chi connectivity index (χ3n) is 5.16. The van der Waals surface area contributed by atoms with Crippen LogP contribution in [0, 0.1) is 0 Å². The van der Waals surface area contributed by atoms with Crippen LogP contribution in [-0.4, -0.2) is 42.0 Å². The van der Waals surface area contributed by atoms with Gasteiger partial charge in [-0.2, -0.15) is 0 Å². The highest BCUT2D eigenvalue weighted by atomic mass is 35.5. The van der Waals surface area contributed by atoms with Crippen LogP contribution in [0.2, 0.25) is 5.02 Å². The Balaban J connectivity index is 1.27. The van der Waals surface area contributed by atoms with E-state index in [2.05, 4.69) is 28.4 Å². The number of benzene rings is 2. The van der Waals surface area contributed by atoms with E-state index in [-0.39, 0.29) is 5.91 Å². The molecule has 1 fully saturated rings. The van der Waals surface area contributed by atoms with E-state index in [1.165, 1.54) is 9.71 Å². The average Bonchev–Trinajstić information content (AvgIpc) is 3.13. The number of hydrogen-bond acceptors (Lipinski definition) is 4. The summed E-state index contributed by atoms with van der Waals surface area (Å²) in [6.07, 6.45) is 3.05. The van der Waals surface area contributed by atoms with Gasteiger partial charge in [-0.05, 0) is 55.6 Å². The first kappa shape index (κ1) is 19.4. The number of halogens is 1. The second-order valence-electron chi connectivity index (χ2n) is 7.32. The van der Waals surface area contributed by atoms with E-state index < -0.39 is 0 Å². The van der Waals surface area contributed by atoms with Crippen molar-refractivity contribution < 1.29 is 4.79 Å². The molecule has 1 N–H and O–H groups in total. The van der Waals surface area contributed by atoms with E-state index in [4.69, 9.17) is 16.6 Å². The number of amides is 1. The van der Waals surface area contributed by atoms with Crippen molar-refractivity contribution in [2.75, 3.05) is 26.2 Å². The molecule has 1 amide bonds. The largest absolute Gasteiger partial charge is 0.355 e. The molecule has 6 heteroatoms. The highest BCUT2D eigenvalue weighted by molar-refractivity contribution is 7.18. The highest BCUT2D eigenvalue weighted by Crippen LogP contribution is 2.32. The number of carbonyl (C=O) groups is 1. The molecule has 0 unspecified atom stereocenters. The Labute approximate surface area is 174 Å². The molecule has 2 aromatic carbocycles. The van der Waals surface area contributed by atoms with Crippen LogP contribution in [0.25, 0.3) is 10.2 Å². The summed E-state index contributed by atoms with van der Waals surface area (Å²) >= 11 is 7.80. The first-order valence-corrected chi connectivity index (χ1v) is 11.0. The summed E-state index contributed by atoms with van der Waals surface area (Å²) < 4.78 is 1.24. The highest BCUT2D eigenvalue weighted by Gasteiger charge is 2.25. The summed E-state index contributed by atoms with van der Waals surface area (Å²) in [4.78, 5) is 19.4. The second-order valence-corrected chi connectivity index (χ2v) is 8.82. The molecule has 28 heavy (non-hydrogen) atoms. The normalized spacial score (nSPS) is 17.7. The maximum Gasteiger partial charge on any atom is 0.234 e. The quantitative estimate of drug-likeness (QED) is 0.647. The maximum absolute atomic E-state index is 12.4. The van der Waals surface area contributed by atoms with Crippen LogP contribution in [-0.2, 0) is 11.2 Å². The molecule has 4 nitrogen and oxygen atoms in total. The van der Waals surface area contributed by atoms with Gasteiger partial charge in [0.05, 0.1) is 21.8 Å². The van der Waals surface area contributed by atoms with Gasteiger partial charge in [0.25, 0.3) is 0 Å². The van der Waals surface area contributed by atoms with Crippen LogP contribution in [0.3, 0.4) is 0 Å². The molecular weight excluding hydrogens is 390 g/mol. The fraction of sp³-hybridized carbons (Fsp3) is 0.364. The smallest absolute Gasteiger partial charge is 0.234 e. The third kappa shape index (κ3) is 4.90. The Hall–Kier alpha value is -1.95. The Morgan fingerprint density at radius 2 is 2.14 bits per heavy atom. The number of piperidine rings is 1. The molecule has 146 valence electrons. The average molecular weight is 414 g/mol. The predicted molar refractivity (Wildman–Crippen MR) is 116 cm³/mol. The van der Waals surface area contributed by atoms with Crippen molar-refractivity contribution in [1.29, 1.82) is 0 Å². The third-order valence-corrected chi connectivity index (χ3v) is 6.59. The first-order valence-electron chi connectivity index (χ1n) is 9.76. The van der Waals surface area contributed by atoms with E-state index >= 15 is 0 Å². The Bertz CT molecular complexity index is 925. The number of hydrogen-bond donors (Lipinski definition) is 1. The molecule has 1 atom stereocenters. The standard InChI is InChI=1S/C22H24ClN3OS/c23-18-7-3-5-16(13-18)10-11-24-21(27)15-26-12-4-6-17(14-26)22-25-19-8-1-2-9-20(19)28-22/h1-3,5,7-9,13,17H,4,6,10-12,14-15H2,(H,24,27)/t17-/m1/s1. The molecule has 0 aliphatic carbocycles. The zero-order valence-corrected chi connectivity index (χ0v) is 17.3. The van der Waals surface area contributed by atoms with Gasteiger partial charge in [0, 0.05) is 24.0 Å². The van der Waals surface area contributed by atoms with Gasteiger partial charge in [0.1, 0.15) is 0 Å². The summed E-state index contributed by atoms with van der Waals surface area (Å²) in [7, 11) is 0. The Kier molecular flexibility index (Phi) is 6.25. The molecular formula is C22H24ClN3OS. The Morgan fingerprint density at radius 3 is 3.00 bits per heavy atom. The lowest BCUT2D eigenvalue weighted by atomic mass is 9.99. The first-order chi connectivity index (χ1) is 13.7. The van der Waals surface area contributed by atoms with Gasteiger partial charge in [0.2, 0.25) is 5.91 Å². The zero-order valence-electron chi connectivity index (χ0n) is 15.7. The number of likely N-dealkylation sites (tertiary alicyclic amines) is 1. The number of nitrogens with one attached hydrogen (secondary N) is 1. The van der Waals surface area contributed by atoms with Gasteiger partial charge < -0.3 is 5.32 Å². The van der Waals surface area contributed by atoms with Crippen LogP contribution in [0.1, 0.15) is 29.3 Å². The number of carbonyl (C=O) groups excluding carboxylic acids is 1. The van der Waals surface area contributed by atoms with E-state index in [0.717, 1.165) is 48.5 Å². The molecule has 1 aromatic heterocycles. The van der Waals surface area contributed by atoms with Crippen molar-refractivity contribution in [1.82, 2.24) is 15.2 Å². The van der Waals surface area contributed by atoms with E-state index in [0.29, 0.717) is 19.0 Å². The van der Waals surface area contributed by atoms with Crippen molar-refractivity contribution in [2.24, 2.45) is 0 Å². The Morgan fingerprint density at radius 1 is 1.25 bits per heavy atom. The van der Waals surface area contributed by atoms with Crippen LogP contribution in [0.15, 0.2) is 48.5 Å². The van der Waals surface area contributed by atoms with Crippen molar-refractivity contribution in [3.63, 3.8) is 0 Å². The summed E-state index contributed by atoms with van der Waals surface area (Å²) in [5.74, 6) is 0.511. The van der Waals surface area contributed by atoms with Crippen molar-refractivity contribution >= 4 is 39.1 Å². The minimum Gasteiger partial charge on any atom is -0.355 e. The van der Waals surface area contributed by atoms with Gasteiger partial charge >= 0.3 is 0 Å². The van der Waals surface area contributed by atoms with E-state index in [1.807, 2.05) is 30.3 Å². The number of nitrogens with zero attached hydrogens (tertiary/aromatic N) is 2. The summed E-state index contributed by atoms with van der Waals surface area (Å²) in [5.41, 5.74) is 2.22. The van der Waals surface area contributed by atoms with Gasteiger partial charge in [-0.3, -0.25) is 9.69 Å². The number of thiazole rings is 1. The van der Waals surface area contributed by atoms with Gasteiger partial charge in [0.15, 0.2) is 0 Å². The molecule has 1 aliphatic heterocycles. The van der Waals surface area contributed by atoms with Crippen molar-refractivity contribution in [3.05, 3.63) is 64.1 Å². The summed E-state index contributed by atoms with van der Waals surface area (Å²) in [5, 5.41) is 4.97. The van der Waals surface area contributed by atoms with Crippen molar-refractivity contribution in [3.8, 4) is 0 Å². The van der Waals surface area contributed by atoms with Crippen LogP contribution >= 0.6 is 22.9 Å². The molecule has 1 saturated heterocycles.